The lowest BCUT2D eigenvalue weighted by molar-refractivity contribution is -0.132. The number of aliphatic hydroxyl groups is 1. The van der Waals surface area contributed by atoms with Gasteiger partial charge in [-0.05, 0) is 55.0 Å². The molecular weight excluding hydrogens is 430 g/mol. The molecule has 0 bridgehead atoms. The molecule has 0 radical (unpaired) electrons. The highest BCUT2D eigenvalue weighted by Gasteiger charge is 2.47. The van der Waals surface area contributed by atoms with E-state index in [4.69, 9.17) is 16.3 Å². The van der Waals surface area contributed by atoms with Gasteiger partial charge in [0.15, 0.2) is 0 Å². The van der Waals surface area contributed by atoms with Crippen LogP contribution in [0.25, 0.3) is 5.76 Å². The molecule has 1 heterocycles. The van der Waals surface area contributed by atoms with Crippen LogP contribution in [0.15, 0.2) is 78.4 Å². The molecule has 3 aromatic carbocycles. The van der Waals surface area contributed by atoms with Gasteiger partial charge in [0.2, 0.25) is 0 Å². The fourth-order valence-electron chi connectivity index (χ4n) is 3.79. The van der Waals surface area contributed by atoms with Gasteiger partial charge in [-0.1, -0.05) is 41.9 Å². The van der Waals surface area contributed by atoms with Crippen LogP contribution in [0.5, 0.6) is 11.5 Å². The monoisotopic (exact) mass is 449 g/mol. The Morgan fingerprint density at radius 2 is 1.78 bits per heavy atom. The summed E-state index contributed by atoms with van der Waals surface area (Å²) in [5, 5.41) is 21.5. The number of hydrogen-bond acceptors (Lipinski definition) is 5. The minimum absolute atomic E-state index is 0.0301. The normalized spacial score (nSPS) is 17.6. The summed E-state index contributed by atoms with van der Waals surface area (Å²) in [6, 6.07) is 18.7. The molecule has 1 aliphatic rings. The lowest BCUT2D eigenvalue weighted by Crippen LogP contribution is -2.29. The topological polar surface area (TPSA) is 87.1 Å². The lowest BCUT2D eigenvalue weighted by Gasteiger charge is -2.25. The molecule has 3 aromatic rings. The van der Waals surface area contributed by atoms with Gasteiger partial charge in [0, 0.05) is 11.3 Å². The molecule has 0 aromatic heterocycles. The minimum Gasteiger partial charge on any atom is -0.508 e. The van der Waals surface area contributed by atoms with Gasteiger partial charge in [0.1, 0.15) is 17.3 Å². The third kappa shape index (κ3) is 3.81. The van der Waals surface area contributed by atoms with E-state index in [0.29, 0.717) is 23.6 Å². The van der Waals surface area contributed by atoms with Crippen LogP contribution in [0, 0.1) is 0 Å². The van der Waals surface area contributed by atoms with Crippen LogP contribution in [-0.2, 0) is 9.59 Å². The van der Waals surface area contributed by atoms with Gasteiger partial charge in [-0.2, -0.15) is 0 Å². The first-order valence-corrected chi connectivity index (χ1v) is 10.4. The molecule has 1 amide bonds. The van der Waals surface area contributed by atoms with E-state index in [0.717, 1.165) is 0 Å². The second-order valence-corrected chi connectivity index (χ2v) is 7.58. The molecule has 1 fully saturated rings. The van der Waals surface area contributed by atoms with Gasteiger partial charge >= 0.3 is 0 Å². The maximum atomic E-state index is 13.1. The highest BCUT2D eigenvalue weighted by Crippen LogP contribution is 2.43. The predicted molar refractivity (Wildman–Crippen MR) is 122 cm³/mol. The van der Waals surface area contributed by atoms with Gasteiger partial charge < -0.3 is 14.9 Å². The van der Waals surface area contributed by atoms with E-state index < -0.39 is 23.5 Å². The Hall–Kier alpha value is -3.77. The summed E-state index contributed by atoms with van der Waals surface area (Å²) in [6.07, 6.45) is 0. The van der Waals surface area contributed by atoms with Crippen LogP contribution in [0.2, 0.25) is 5.02 Å². The molecule has 32 heavy (non-hydrogen) atoms. The number of aromatic hydroxyl groups is 1. The molecule has 7 heteroatoms. The van der Waals surface area contributed by atoms with Crippen LogP contribution in [0.4, 0.5) is 5.69 Å². The van der Waals surface area contributed by atoms with Crippen molar-refractivity contribution in [2.24, 2.45) is 0 Å². The number of rotatable bonds is 5. The Kier molecular flexibility index (Phi) is 5.88. The minimum atomic E-state index is -0.962. The Bertz CT molecular complexity index is 1220. The number of aliphatic hydroxyl groups excluding tert-OH is 1. The smallest absolute Gasteiger partial charge is 0.300 e. The number of benzene rings is 3. The van der Waals surface area contributed by atoms with E-state index in [1.807, 2.05) is 6.92 Å². The molecule has 0 saturated carbocycles. The molecule has 0 aliphatic carbocycles. The molecule has 4 rings (SSSR count). The fourth-order valence-corrected chi connectivity index (χ4v) is 3.99. The predicted octanol–water partition coefficient (Wildman–Crippen LogP) is 5.07. The van der Waals surface area contributed by atoms with E-state index in [2.05, 4.69) is 0 Å². The third-order valence-corrected chi connectivity index (χ3v) is 5.50. The van der Waals surface area contributed by atoms with Crippen molar-refractivity contribution >= 4 is 34.7 Å². The molecule has 6 nitrogen and oxygen atoms in total. The number of phenols is 1. The number of ether oxygens (including phenoxy) is 1. The molecule has 162 valence electrons. The van der Waals surface area contributed by atoms with Crippen molar-refractivity contribution in [1.29, 1.82) is 0 Å². The first-order chi connectivity index (χ1) is 15.4. The summed E-state index contributed by atoms with van der Waals surface area (Å²) >= 11 is 6.33. The van der Waals surface area contributed by atoms with Gasteiger partial charge in [0.25, 0.3) is 11.7 Å². The Balaban J connectivity index is 1.96. The molecule has 1 saturated heterocycles. The summed E-state index contributed by atoms with van der Waals surface area (Å²) in [5.74, 6) is -1.62. The van der Waals surface area contributed by atoms with Crippen molar-refractivity contribution in [2.45, 2.75) is 13.0 Å². The summed E-state index contributed by atoms with van der Waals surface area (Å²) < 4.78 is 5.49. The Labute approximate surface area is 189 Å². The van der Waals surface area contributed by atoms with Crippen LogP contribution in [0.3, 0.4) is 0 Å². The van der Waals surface area contributed by atoms with E-state index in [1.165, 1.54) is 23.1 Å². The number of Topliss-reactive ketones (excluding diaryl/α,β-unsaturated/α-hetero) is 1. The highest BCUT2D eigenvalue weighted by atomic mass is 35.5. The van der Waals surface area contributed by atoms with Crippen molar-refractivity contribution in [3.05, 3.63) is 94.5 Å². The van der Waals surface area contributed by atoms with Crippen molar-refractivity contribution < 1.29 is 24.5 Å². The van der Waals surface area contributed by atoms with Crippen LogP contribution < -0.4 is 9.64 Å². The van der Waals surface area contributed by atoms with Crippen molar-refractivity contribution in [3.8, 4) is 11.5 Å². The van der Waals surface area contributed by atoms with Crippen molar-refractivity contribution in [2.75, 3.05) is 11.5 Å². The maximum absolute atomic E-state index is 13.1. The number of carbonyl (C=O) groups is 2. The number of hydrogen-bond donors (Lipinski definition) is 2. The average molecular weight is 450 g/mol. The Morgan fingerprint density at radius 1 is 1.03 bits per heavy atom. The largest absolute Gasteiger partial charge is 0.508 e. The van der Waals surface area contributed by atoms with E-state index >= 15 is 0 Å². The summed E-state index contributed by atoms with van der Waals surface area (Å²) in [6.45, 7) is 2.23. The first kappa shape index (κ1) is 21.5. The zero-order chi connectivity index (χ0) is 22.8. The average Bonchev–Trinajstić information content (AvgIpc) is 3.06. The van der Waals surface area contributed by atoms with Crippen molar-refractivity contribution in [3.63, 3.8) is 0 Å². The molecule has 2 N–H and O–H groups in total. The SMILES string of the molecule is CCOc1ccc(Cl)c(/C(O)=C2\C(=O)C(=O)N(c3ccccc3)C2c2cccc(O)c2)c1. The summed E-state index contributed by atoms with van der Waals surface area (Å²) in [5.41, 5.74) is 0.997. The molecule has 1 unspecified atom stereocenters. The number of anilines is 1. The fraction of sp³-hybridized carbons (Fsp3) is 0.120. The zero-order valence-corrected chi connectivity index (χ0v) is 17.9. The van der Waals surface area contributed by atoms with Crippen LogP contribution >= 0.6 is 11.6 Å². The highest BCUT2D eigenvalue weighted by molar-refractivity contribution is 6.52. The quantitative estimate of drug-likeness (QED) is 0.322. The molecule has 0 spiro atoms. The second kappa shape index (κ2) is 8.77. The van der Waals surface area contributed by atoms with Crippen molar-refractivity contribution in [1.82, 2.24) is 0 Å². The van der Waals surface area contributed by atoms with Crippen LogP contribution in [-0.4, -0.2) is 28.5 Å². The number of halogens is 1. The molecular formula is C25H20ClNO5. The number of carbonyl (C=O) groups excluding carboxylic acids is 2. The number of phenolic OH excluding ortho intramolecular Hbond substituents is 1. The zero-order valence-electron chi connectivity index (χ0n) is 17.2. The summed E-state index contributed by atoms with van der Waals surface area (Å²) in [4.78, 5) is 27.5. The lowest BCUT2D eigenvalue weighted by atomic mass is 9.95. The number of nitrogens with zero attached hydrogens (tertiary/aromatic N) is 1. The maximum Gasteiger partial charge on any atom is 0.300 e. The van der Waals surface area contributed by atoms with Gasteiger partial charge in [0.05, 0.1) is 23.2 Å². The molecule has 1 atom stereocenters. The van der Waals surface area contributed by atoms with Gasteiger partial charge in [-0.15, -0.1) is 0 Å². The van der Waals surface area contributed by atoms with Gasteiger partial charge in [-0.3, -0.25) is 14.5 Å². The Morgan fingerprint density at radius 3 is 2.47 bits per heavy atom. The number of para-hydroxylation sites is 1. The standard InChI is InChI=1S/C25H20ClNO5/c1-2-32-18-11-12-20(26)19(14-18)23(29)21-22(15-7-6-10-17(28)13-15)27(25(31)24(21)30)16-8-4-3-5-9-16/h3-14,22,28-29H,2H2,1H3/b23-21+. The summed E-state index contributed by atoms with van der Waals surface area (Å²) in [7, 11) is 0. The third-order valence-electron chi connectivity index (χ3n) is 5.17. The van der Waals surface area contributed by atoms with E-state index in [1.54, 1.807) is 54.6 Å². The molecule has 1 aliphatic heterocycles. The number of ketones is 1. The first-order valence-electron chi connectivity index (χ1n) is 10.00. The number of amides is 1. The van der Waals surface area contributed by atoms with E-state index in [9.17, 15) is 19.8 Å². The van der Waals surface area contributed by atoms with Gasteiger partial charge in [-0.25, -0.2) is 0 Å². The van der Waals surface area contributed by atoms with Crippen LogP contribution in [0.1, 0.15) is 24.1 Å². The van der Waals surface area contributed by atoms with E-state index in [-0.39, 0.29) is 21.9 Å². The second-order valence-electron chi connectivity index (χ2n) is 7.17.